The van der Waals surface area contributed by atoms with E-state index in [9.17, 15) is 35.5 Å². The van der Waals surface area contributed by atoms with E-state index in [1.54, 1.807) is 5.32 Å². The van der Waals surface area contributed by atoms with Crippen molar-refractivity contribution in [2.24, 2.45) is 4.99 Å². The Hall–Kier alpha value is -4.37. The van der Waals surface area contributed by atoms with Gasteiger partial charge in [0.2, 0.25) is 0 Å². The predicted molar refractivity (Wildman–Crippen MR) is 118 cm³/mol. The molecule has 2 atom stereocenters. The number of ether oxygens (including phenoxy) is 2. The molecule has 1 aromatic carbocycles. The number of carbonyl (C=O) groups is 1. The number of carboxylic acid groups (broad SMARTS) is 1. The molecule has 2 aromatic heterocycles. The second kappa shape index (κ2) is 10.1. The van der Waals surface area contributed by atoms with Crippen LogP contribution in [0.5, 0.6) is 5.75 Å². The monoisotopic (exact) mass is 562 g/mol. The highest BCUT2D eigenvalue weighted by molar-refractivity contribution is 5.90. The van der Waals surface area contributed by atoms with Gasteiger partial charge in [-0.15, -0.1) is 0 Å². The van der Waals surface area contributed by atoms with Crippen LogP contribution in [0.15, 0.2) is 52.1 Å². The standard InChI is InChI=1S/C23H17F7N4O5/c1-21(8-18(23(28,29)30)38-19(33-21)32-20(35)36)13-6-11(2-4-14(13)24)17-7-16(34-39-17)15-5-3-12(9-31-15)37-10-22(25,26)27/h2-7,9,18H,8,10H2,1H3,(H,32,33)(H,35,36)/t18-,21-/m0/s1. The number of amides is 1. The van der Waals surface area contributed by atoms with Crippen LogP contribution in [-0.2, 0) is 10.3 Å². The van der Waals surface area contributed by atoms with Gasteiger partial charge >= 0.3 is 18.4 Å². The minimum absolute atomic E-state index is 0.0568. The Morgan fingerprint density at radius 1 is 1.15 bits per heavy atom. The number of rotatable bonds is 5. The summed E-state index contributed by atoms with van der Waals surface area (Å²) >= 11 is 0. The molecule has 0 spiro atoms. The van der Waals surface area contributed by atoms with E-state index in [4.69, 9.17) is 9.63 Å². The first-order valence-corrected chi connectivity index (χ1v) is 10.9. The molecule has 3 aromatic rings. The van der Waals surface area contributed by atoms with Crippen molar-refractivity contribution in [3.8, 4) is 28.5 Å². The maximum absolute atomic E-state index is 14.9. The van der Waals surface area contributed by atoms with Gasteiger partial charge in [-0.05, 0) is 37.3 Å². The van der Waals surface area contributed by atoms with Crippen molar-refractivity contribution in [1.82, 2.24) is 15.5 Å². The van der Waals surface area contributed by atoms with Crippen molar-refractivity contribution < 1.29 is 54.6 Å². The van der Waals surface area contributed by atoms with Crippen molar-refractivity contribution in [3.63, 3.8) is 0 Å². The third-order valence-corrected chi connectivity index (χ3v) is 5.51. The van der Waals surface area contributed by atoms with E-state index in [2.05, 4.69) is 24.6 Å². The molecule has 9 nitrogen and oxygen atoms in total. The number of benzene rings is 1. The lowest BCUT2D eigenvalue weighted by molar-refractivity contribution is -0.208. The quantitative estimate of drug-likeness (QED) is 0.385. The number of hydrogen-bond donors (Lipinski definition) is 2. The first kappa shape index (κ1) is 27.7. The van der Waals surface area contributed by atoms with Gasteiger partial charge in [-0.25, -0.2) is 19.5 Å². The van der Waals surface area contributed by atoms with Crippen LogP contribution in [0.25, 0.3) is 22.7 Å². The lowest BCUT2D eigenvalue weighted by atomic mass is 9.84. The summed E-state index contributed by atoms with van der Waals surface area (Å²) < 4.78 is 107. The van der Waals surface area contributed by atoms with Crippen LogP contribution in [0.2, 0.25) is 0 Å². The number of amidine groups is 1. The molecule has 2 N–H and O–H groups in total. The van der Waals surface area contributed by atoms with Crippen LogP contribution >= 0.6 is 0 Å². The molecule has 0 fully saturated rings. The molecule has 0 radical (unpaired) electrons. The van der Waals surface area contributed by atoms with Gasteiger partial charge in [0, 0.05) is 23.6 Å². The topological polar surface area (TPSA) is 119 Å². The number of aliphatic imine (C=N–C) groups is 1. The maximum atomic E-state index is 14.9. The second-order valence-corrected chi connectivity index (χ2v) is 8.53. The molecule has 1 amide bonds. The lowest BCUT2D eigenvalue weighted by Crippen LogP contribution is -2.48. The Bertz CT molecular complexity index is 1390. The van der Waals surface area contributed by atoms with Crippen LogP contribution in [0.1, 0.15) is 18.9 Å². The molecule has 208 valence electrons. The van der Waals surface area contributed by atoms with E-state index < -0.39 is 55.0 Å². The summed E-state index contributed by atoms with van der Waals surface area (Å²) in [7, 11) is 0. The molecule has 0 aliphatic carbocycles. The number of nitrogens with one attached hydrogen (secondary N) is 1. The summed E-state index contributed by atoms with van der Waals surface area (Å²) in [6.07, 6.45) is -13.4. The summed E-state index contributed by atoms with van der Waals surface area (Å²) in [6.45, 7) is -0.306. The van der Waals surface area contributed by atoms with E-state index >= 15 is 0 Å². The number of halogens is 7. The van der Waals surface area contributed by atoms with Crippen LogP contribution < -0.4 is 10.1 Å². The minimum Gasteiger partial charge on any atom is -0.483 e. The van der Waals surface area contributed by atoms with Gasteiger partial charge in [0.05, 0.1) is 17.4 Å². The fourth-order valence-corrected chi connectivity index (χ4v) is 3.74. The number of alkyl halides is 6. The van der Waals surface area contributed by atoms with Crippen molar-refractivity contribution in [2.45, 2.75) is 37.3 Å². The van der Waals surface area contributed by atoms with Crippen LogP contribution in [0.3, 0.4) is 0 Å². The van der Waals surface area contributed by atoms with E-state index in [-0.39, 0.29) is 34.0 Å². The second-order valence-electron chi connectivity index (χ2n) is 8.53. The molecule has 0 saturated heterocycles. The smallest absolute Gasteiger partial charge is 0.425 e. The highest BCUT2D eigenvalue weighted by Gasteiger charge is 2.50. The first-order chi connectivity index (χ1) is 18.1. The van der Waals surface area contributed by atoms with Gasteiger partial charge in [0.1, 0.15) is 17.3 Å². The molecule has 39 heavy (non-hydrogen) atoms. The largest absolute Gasteiger partial charge is 0.483 e. The molecular formula is C23H17F7N4O5. The van der Waals surface area contributed by atoms with E-state index in [0.29, 0.717) is 0 Å². The summed E-state index contributed by atoms with van der Waals surface area (Å²) in [5, 5.41) is 14.4. The third kappa shape index (κ3) is 6.56. The molecular weight excluding hydrogens is 545 g/mol. The molecule has 16 heteroatoms. The number of aromatic nitrogens is 2. The average Bonchev–Trinajstić information content (AvgIpc) is 3.32. The summed E-state index contributed by atoms with van der Waals surface area (Å²) in [4.78, 5) is 18.9. The Morgan fingerprint density at radius 2 is 1.90 bits per heavy atom. The molecule has 1 aliphatic heterocycles. The van der Waals surface area contributed by atoms with Crippen molar-refractivity contribution in [1.29, 1.82) is 0 Å². The first-order valence-electron chi connectivity index (χ1n) is 10.9. The van der Waals surface area contributed by atoms with Crippen molar-refractivity contribution >= 4 is 12.1 Å². The lowest BCUT2D eigenvalue weighted by Gasteiger charge is -2.36. The van der Waals surface area contributed by atoms with Crippen LogP contribution in [0, 0.1) is 5.82 Å². The van der Waals surface area contributed by atoms with E-state index in [1.165, 1.54) is 37.3 Å². The molecule has 4 rings (SSSR count). The van der Waals surface area contributed by atoms with Gasteiger partial charge in [-0.2, -0.15) is 26.3 Å². The van der Waals surface area contributed by atoms with Crippen molar-refractivity contribution in [3.05, 3.63) is 54.0 Å². The fraction of sp³-hybridized carbons (Fsp3) is 0.304. The fourth-order valence-electron chi connectivity index (χ4n) is 3.74. The Morgan fingerprint density at radius 3 is 2.51 bits per heavy atom. The predicted octanol–water partition coefficient (Wildman–Crippen LogP) is 5.67. The van der Waals surface area contributed by atoms with Crippen LogP contribution in [-0.4, -0.2) is 52.4 Å². The minimum atomic E-state index is -4.91. The van der Waals surface area contributed by atoms with E-state index in [1.807, 2.05) is 0 Å². The normalized spacial score (nSPS) is 19.7. The molecule has 1 aliphatic rings. The molecule has 0 unspecified atom stereocenters. The highest BCUT2D eigenvalue weighted by Crippen LogP contribution is 2.42. The van der Waals surface area contributed by atoms with Gasteiger partial charge in [0.25, 0.3) is 6.02 Å². The van der Waals surface area contributed by atoms with Crippen LogP contribution in [0.4, 0.5) is 35.5 Å². The van der Waals surface area contributed by atoms with Gasteiger partial charge in [-0.3, -0.25) is 4.98 Å². The number of nitrogens with zero attached hydrogens (tertiary/aromatic N) is 3. The Balaban J connectivity index is 1.63. The average molecular weight is 562 g/mol. The third-order valence-electron chi connectivity index (χ3n) is 5.51. The van der Waals surface area contributed by atoms with Gasteiger partial charge < -0.3 is 19.1 Å². The Labute approximate surface area is 214 Å². The summed E-state index contributed by atoms with van der Waals surface area (Å²) in [5.74, 6) is -0.998. The molecule has 0 saturated carbocycles. The number of hydrogen-bond acceptors (Lipinski definition) is 7. The van der Waals surface area contributed by atoms with Gasteiger partial charge in [0.15, 0.2) is 18.5 Å². The summed E-state index contributed by atoms with van der Waals surface area (Å²) in [6, 6.07) is 6.43. The summed E-state index contributed by atoms with van der Waals surface area (Å²) in [5.41, 5.74) is -1.66. The highest BCUT2D eigenvalue weighted by atomic mass is 19.4. The zero-order valence-corrected chi connectivity index (χ0v) is 19.6. The SMILES string of the molecule is C[C@@]1(c2cc(-c3cc(-c4ccc(OCC(F)(F)F)cn4)no3)ccc2F)C[C@@H](C(F)(F)F)OC(NC(=O)O)=N1. The van der Waals surface area contributed by atoms with E-state index in [0.717, 1.165) is 12.3 Å². The zero-order valence-electron chi connectivity index (χ0n) is 19.6. The van der Waals surface area contributed by atoms with Crippen molar-refractivity contribution in [2.75, 3.05) is 6.61 Å². The zero-order chi connectivity index (χ0) is 28.6. The Kier molecular flexibility index (Phi) is 7.14. The molecule has 3 heterocycles. The van der Waals surface area contributed by atoms with Gasteiger partial charge in [-0.1, -0.05) is 5.16 Å². The maximum Gasteiger partial charge on any atom is 0.425 e. The number of pyridine rings is 1. The molecule has 0 bridgehead atoms.